The molecule has 0 aromatic heterocycles. The molecular weight excluding hydrogens is 290 g/mol. The number of nitrogens with one attached hydrogen (secondary N) is 1. The molecule has 124 valence electrons. The van der Waals surface area contributed by atoms with Crippen molar-refractivity contribution in [1.82, 2.24) is 5.32 Å². The number of carbonyl (C=O) groups excluding carboxylic acids is 2. The van der Waals surface area contributed by atoms with Crippen molar-refractivity contribution in [3.05, 3.63) is 30.3 Å². The third-order valence-corrected chi connectivity index (χ3v) is 5.12. The number of hydrogen-bond acceptors (Lipinski definition) is 3. The van der Waals surface area contributed by atoms with Gasteiger partial charge in [0.2, 0.25) is 11.8 Å². The van der Waals surface area contributed by atoms with Crippen molar-refractivity contribution >= 4 is 17.5 Å². The molecular formula is C18H25N3O2. The molecule has 1 unspecified atom stereocenters. The van der Waals surface area contributed by atoms with Crippen molar-refractivity contribution in [1.29, 1.82) is 0 Å². The Morgan fingerprint density at radius 2 is 1.96 bits per heavy atom. The minimum Gasteiger partial charge on any atom is -0.344 e. The zero-order valence-electron chi connectivity index (χ0n) is 13.4. The topological polar surface area (TPSA) is 75.4 Å². The van der Waals surface area contributed by atoms with E-state index in [1.807, 2.05) is 30.3 Å². The van der Waals surface area contributed by atoms with Gasteiger partial charge in [-0.05, 0) is 50.3 Å². The molecule has 1 aromatic carbocycles. The van der Waals surface area contributed by atoms with Crippen LogP contribution in [0.1, 0.15) is 32.1 Å². The largest absolute Gasteiger partial charge is 0.344 e. The van der Waals surface area contributed by atoms with E-state index >= 15 is 0 Å². The highest BCUT2D eigenvalue weighted by atomic mass is 16.2. The Balaban J connectivity index is 1.66. The van der Waals surface area contributed by atoms with Crippen LogP contribution < -0.4 is 16.0 Å². The maximum atomic E-state index is 12.7. The number of rotatable bonds is 4. The molecule has 1 aromatic rings. The fourth-order valence-corrected chi connectivity index (χ4v) is 3.82. The van der Waals surface area contributed by atoms with Gasteiger partial charge in [-0.25, -0.2) is 0 Å². The summed E-state index contributed by atoms with van der Waals surface area (Å²) in [6.07, 6.45) is 4.57. The van der Waals surface area contributed by atoms with Gasteiger partial charge in [-0.1, -0.05) is 24.6 Å². The lowest BCUT2D eigenvalue weighted by atomic mass is 9.94. The number of para-hydroxylation sites is 1. The van der Waals surface area contributed by atoms with E-state index in [2.05, 4.69) is 5.32 Å². The molecule has 3 atom stereocenters. The Morgan fingerprint density at radius 1 is 1.17 bits per heavy atom. The average Bonchev–Trinajstić information content (AvgIpc) is 3.06. The number of nitrogens with two attached hydrogens (primary N) is 1. The Kier molecular flexibility index (Phi) is 4.96. The third kappa shape index (κ3) is 3.39. The highest BCUT2D eigenvalue weighted by molar-refractivity contribution is 6.00. The first kappa shape index (κ1) is 16.0. The summed E-state index contributed by atoms with van der Waals surface area (Å²) in [5, 5.41) is 2.99. The maximum absolute atomic E-state index is 12.7. The molecule has 2 amide bonds. The Labute approximate surface area is 137 Å². The highest BCUT2D eigenvalue weighted by Gasteiger charge is 2.36. The molecule has 1 aliphatic carbocycles. The van der Waals surface area contributed by atoms with E-state index in [4.69, 9.17) is 5.73 Å². The van der Waals surface area contributed by atoms with Gasteiger partial charge in [-0.15, -0.1) is 0 Å². The van der Waals surface area contributed by atoms with E-state index in [-0.39, 0.29) is 23.7 Å². The normalized spacial score (nSPS) is 28.0. The molecule has 0 bridgehead atoms. The predicted molar refractivity (Wildman–Crippen MR) is 89.8 cm³/mol. The number of amides is 2. The number of carbonyl (C=O) groups is 2. The molecule has 3 rings (SSSR count). The maximum Gasteiger partial charge on any atom is 0.249 e. The van der Waals surface area contributed by atoms with E-state index in [9.17, 15) is 9.59 Å². The van der Waals surface area contributed by atoms with Crippen molar-refractivity contribution in [3.8, 4) is 0 Å². The van der Waals surface area contributed by atoms with Crippen molar-refractivity contribution < 1.29 is 9.59 Å². The molecule has 3 N–H and O–H groups in total. The van der Waals surface area contributed by atoms with Crippen LogP contribution in [-0.2, 0) is 9.59 Å². The quantitative estimate of drug-likeness (QED) is 0.887. The zero-order valence-corrected chi connectivity index (χ0v) is 13.4. The number of piperidine rings is 1. The summed E-state index contributed by atoms with van der Waals surface area (Å²) in [5.41, 5.74) is 6.67. The SMILES string of the molecule is NC[C@H]1CCC[C@H]1C(=O)NC1CCCN(c2ccccc2)C1=O. The van der Waals surface area contributed by atoms with E-state index in [1.165, 1.54) is 0 Å². The van der Waals surface area contributed by atoms with E-state index < -0.39 is 6.04 Å². The number of nitrogens with zero attached hydrogens (tertiary/aromatic N) is 1. The van der Waals surface area contributed by atoms with Crippen LogP contribution in [0.15, 0.2) is 30.3 Å². The lowest BCUT2D eigenvalue weighted by Crippen LogP contribution is -2.54. The lowest BCUT2D eigenvalue weighted by Gasteiger charge is -2.33. The first-order chi connectivity index (χ1) is 11.2. The molecule has 1 heterocycles. The van der Waals surface area contributed by atoms with E-state index in [1.54, 1.807) is 4.90 Å². The Morgan fingerprint density at radius 3 is 2.70 bits per heavy atom. The van der Waals surface area contributed by atoms with Gasteiger partial charge in [0.15, 0.2) is 0 Å². The molecule has 23 heavy (non-hydrogen) atoms. The Bertz CT molecular complexity index is 561. The van der Waals surface area contributed by atoms with Gasteiger partial charge < -0.3 is 16.0 Å². The van der Waals surface area contributed by atoms with Crippen LogP contribution in [-0.4, -0.2) is 30.9 Å². The molecule has 2 fully saturated rings. The molecule has 1 saturated heterocycles. The van der Waals surface area contributed by atoms with Crippen LogP contribution >= 0.6 is 0 Å². The number of hydrogen-bond donors (Lipinski definition) is 2. The monoisotopic (exact) mass is 315 g/mol. The summed E-state index contributed by atoms with van der Waals surface area (Å²) in [6.45, 7) is 1.26. The predicted octanol–water partition coefficient (Wildman–Crippen LogP) is 1.67. The summed E-state index contributed by atoms with van der Waals surface area (Å²) in [6, 6.07) is 9.25. The van der Waals surface area contributed by atoms with Gasteiger partial charge >= 0.3 is 0 Å². The van der Waals surface area contributed by atoms with Gasteiger partial charge in [0.1, 0.15) is 6.04 Å². The molecule has 0 radical (unpaired) electrons. The highest BCUT2D eigenvalue weighted by Crippen LogP contribution is 2.31. The second-order valence-electron chi connectivity index (χ2n) is 6.56. The summed E-state index contributed by atoms with van der Waals surface area (Å²) >= 11 is 0. The smallest absolute Gasteiger partial charge is 0.249 e. The van der Waals surface area contributed by atoms with Crippen LogP contribution in [0.5, 0.6) is 0 Å². The van der Waals surface area contributed by atoms with Crippen molar-refractivity contribution in [2.45, 2.75) is 38.1 Å². The zero-order chi connectivity index (χ0) is 16.2. The van der Waals surface area contributed by atoms with Gasteiger partial charge in [-0.2, -0.15) is 0 Å². The van der Waals surface area contributed by atoms with Crippen molar-refractivity contribution in [3.63, 3.8) is 0 Å². The van der Waals surface area contributed by atoms with Crippen LogP contribution in [0, 0.1) is 11.8 Å². The second-order valence-corrected chi connectivity index (χ2v) is 6.56. The fraction of sp³-hybridized carbons (Fsp3) is 0.556. The fourth-order valence-electron chi connectivity index (χ4n) is 3.82. The second kappa shape index (κ2) is 7.13. The van der Waals surface area contributed by atoms with Crippen LogP contribution in [0.3, 0.4) is 0 Å². The lowest BCUT2D eigenvalue weighted by molar-refractivity contribution is -0.131. The van der Waals surface area contributed by atoms with Crippen molar-refractivity contribution in [2.75, 3.05) is 18.0 Å². The number of anilines is 1. The average molecular weight is 315 g/mol. The Hall–Kier alpha value is -1.88. The minimum atomic E-state index is -0.407. The van der Waals surface area contributed by atoms with Gasteiger partial charge in [0, 0.05) is 18.2 Å². The summed E-state index contributed by atoms with van der Waals surface area (Å²) in [4.78, 5) is 27.0. The van der Waals surface area contributed by atoms with Gasteiger partial charge in [-0.3, -0.25) is 9.59 Å². The molecule has 5 heteroatoms. The van der Waals surface area contributed by atoms with Crippen molar-refractivity contribution in [2.24, 2.45) is 17.6 Å². The molecule has 0 spiro atoms. The minimum absolute atomic E-state index is 0.00176. The standard InChI is InChI=1S/C18H25N3O2/c19-12-13-6-4-9-15(13)17(22)20-16-10-5-11-21(18(16)23)14-7-2-1-3-8-14/h1-3,7-8,13,15-16H,4-6,9-12,19H2,(H,20,22)/t13-,15-,16?/m1/s1. The molecule has 5 nitrogen and oxygen atoms in total. The van der Waals surface area contributed by atoms with E-state index in [0.717, 1.165) is 31.4 Å². The third-order valence-electron chi connectivity index (χ3n) is 5.12. The first-order valence-electron chi connectivity index (χ1n) is 8.57. The molecule has 1 saturated carbocycles. The molecule has 2 aliphatic rings. The van der Waals surface area contributed by atoms with Gasteiger partial charge in [0.05, 0.1) is 0 Å². The number of benzene rings is 1. The summed E-state index contributed by atoms with van der Waals surface area (Å²) < 4.78 is 0. The first-order valence-corrected chi connectivity index (χ1v) is 8.57. The summed E-state index contributed by atoms with van der Waals surface area (Å²) in [5.74, 6) is 0.239. The van der Waals surface area contributed by atoms with Crippen LogP contribution in [0.4, 0.5) is 5.69 Å². The summed E-state index contributed by atoms with van der Waals surface area (Å²) in [7, 11) is 0. The molecule has 1 aliphatic heterocycles. The van der Waals surface area contributed by atoms with Crippen LogP contribution in [0.2, 0.25) is 0 Å². The van der Waals surface area contributed by atoms with Crippen LogP contribution in [0.25, 0.3) is 0 Å². The van der Waals surface area contributed by atoms with Gasteiger partial charge in [0.25, 0.3) is 0 Å². The van der Waals surface area contributed by atoms with E-state index in [0.29, 0.717) is 19.5 Å².